The van der Waals surface area contributed by atoms with Gasteiger partial charge in [-0.1, -0.05) is 12.1 Å². The first-order valence-corrected chi connectivity index (χ1v) is 9.54. The van der Waals surface area contributed by atoms with Crippen LogP contribution in [-0.2, 0) is 9.59 Å². The van der Waals surface area contributed by atoms with Crippen molar-refractivity contribution in [3.63, 3.8) is 0 Å². The molecule has 148 valence electrons. The number of ether oxygens (including phenoxy) is 2. The summed E-state index contributed by atoms with van der Waals surface area (Å²) in [5.74, 6) is 1.16. The van der Waals surface area contributed by atoms with Crippen molar-refractivity contribution in [2.24, 2.45) is 5.41 Å². The van der Waals surface area contributed by atoms with Crippen molar-refractivity contribution >= 4 is 11.8 Å². The normalized spacial score (nSPS) is 25.0. The highest BCUT2D eigenvalue weighted by atomic mass is 16.5. The fraction of sp³-hybridized carbons (Fsp3) is 0.600. The highest BCUT2D eigenvalue weighted by Gasteiger charge is 2.52. The van der Waals surface area contributed by atoms with E-state index in [1.807, 2.05) is 24.3 Å². The maximum Gasteiger partial charge on any atom is 0.242 e. The minimum absolute atomic E-state index is 0.0103. The molecule has 2 aliphatic rings. The van der Waals surface area contributed by atoms with E-state index in [-0.39, 0.29) is 11.8 Å². The Morgan fingerprint density at radius 2 is 2.11 bits per heavy atom. The Bertz CT molecular complexity index is 694. The number of hydrogen-bond acceptors (Lipinski definition) is 5. The summed E-state index contributed by atoms with van der Waals surface area (Å²) in [4.78, 5) is 27.3. The Balaban J connectivity index is 1.46. The molecular formula is C20H29N3O4. The minimum Gasteiger partial charge on any atom is -0.493 e. The van der Waals surface area contributed by atoms with Crippen LogP contribution in [0.3, 0.4) is 0 Å². The number of nitrogens with one attached hydrogen (secondary N) is 2. The van der Waals surface area contributed by atoms with Gasteiger partial charge in [0.25, 0.3) is 0 Å². The third kappa shape index (κ3) is 4.18. The predicted octanol–water partition coefficient (Wildman–Crippen LogP) is 1.18. The van der Waals surface area contributed by atoms with E-state index in [1.165, 1.54) is 0 Å². The van der Waals surface area contributed by atoms with Crippen LogP contribution in [-0.4, -0.2) is 62.1 Å². The van der Waals surface area contributed by atoms with Crippen molar-refractivity contribution < 1.29 is 19.1 Å². The average Bonchev–Trinajstić information content (AvgIpc) is 3.24. The molecule has 1 aromatic carbocycles. The van der Waals surface area contributed by atoms with Crippen LogP contribution in [0.1, 0.15) is 26.7 Å². The van der Waals surface area contributed by atoms with Crippen LogP contribution in [0.4, 0.5) is 0 Å². The van der Waals surface area contributed by atoms with Gasteiger partial charge >= 0.3 is 0 Å². The van der Waals surface area contributed by atoms with Gasteiger partial charge in [-0.15, -0.1) is 0 Å². The summed E-state index contributed by atoms with van der Waals surface area (Å²) in [5.41, 5.74) is -0.416. The van der Waals surface area contributed by atoms with Crippen LogP contribution in [0.5, 0.6) is 11.5 Å². The second kappa shape index (κ2) is 8.17. The average molecular weight is 375 g/mol. The summed E-state index contributed by atoms with van der Waals surface area (Å²) in [5, 5.41) is 5.74. The van der Waals surface area contributed by atoms with Crippen LogP contribution in [0.25, 0.3) is 0 Å². The third-order valence-corrected chi connectivity index (χ3v) is 5.54. The number of para-hydroxylation sites is 2. The Labute approximate surface area is 160 Å². The molecule has 3 rings (SSSR count). The largest absolute Gasteiger partial charge is 0.493 e. The van der Waals surface area contributed by atoms with Gasteiger partial charge in [-0.2, -0.15) is 0 Å². The van der Waals surface area contributed by atoms with Gasteiger partial charge in [0.1, 0.15) is 12.6 Å². The van der Waals surface area contributed by atoms with Crippen LogP contribution < -0.4 is 20.1 Å². The van der Waals surface area contributed by atoms with E-state index in [1.54, 1.807) is 7.11 Å². The fourth-order valence-corrected chi connectivity index (χ4v) is 3.90. The summed E-state index contributed by atoms with van der Waals surface area (Å²) in [6, 6.07) is 7.33. The second-order valence-electron chi connectivity index (χ2n) is 7.62. The van der Waals surface area contributed by atoms with Crippen LogP contribution >= 0.6 is 0 Å². The lowest BCUT2D eigenvalue weighted by Crippen LogP contribution is -2.43. The Morgan fingerprint density at radius 3 is 2.78 bits per heavy atom. The first-order chi connectivity index (χ1) is 12.9. The van der Waals surface area contributed by atoms with E-state index in [9.17, 15) is 9.59 Å². The zero-order chi connectivity index (χ0) is 19.4. The van der Waals surface area contributed by atoms with Crippen molar-refractivity contribution in [1.82, 2.24) is 15.5 Å². The Hall–Kier alpha value is -2.28. The molecule has 2 heterocycles. The standard InChI is InChI=1S/C20H29N3O4/c1-14(2)23-10-8-20(13-23)12-15(22-19(20)25)18(24)21-9-11-27-17-7-5-4-6-16(17)26-3/h4-7,14-15H,8-13H2,1-3H3,(H,21,24)(H,22,25)/t15-,20+/m0/s1. The Morgan fingerprint density at radius 1 is 1.37 bits per heavy atom. The predicted molar refractivity (Wildman–Crippen MR) is 102 cm³/mol. The number of rotatable bonds is 7. The molecule has 2 fully saturated rings. The molecule has 2 aliphatic heterocycles. The quantitative estimate of drug-likeness (QED) is 0.700. The molecule has 2 amide bonds. The highest BCUT2D eigenvalue weighted by molar-refractivity contribution is 5.94. The minimum atomic E-state index is -0.462. The molecule has 0 radical (unpaired) electrons. The zero-order valence-electron chi connectivity index (χ0n) is 16.3. The molecule has 0 saturated carbocycles. The summed E-state index contributed by atoms with van der Waals surface area (Å²) in [6.45, 7) is 6.62. The van der Waals surface area contributed by atoms with Gasteiger partial charge in [0.15, 0.2) is 11.5 Å². The van der Waals surface area contributed by atoms with Gasteiger partial charge in [0.2, 0.25) is 11.8 Å². The van der Waals surface area contributed by atoms with Gasteiger partial charge in [0.05, 0.1) is 19.1 Å². The summed E-state index contributed by atoms with van der Waals surface area (Å²) >= 11 is 0. The van der Waals surface area contributed by atoms with Gasteiger partial charge in [-0.25, -0.2) is 0 Å². The van der Waals surface area contributed by atoms with Gasteiger partial charge in [-0.05, 0) is 45.4 Å². The summed E-state index contributed by atoms with van der Waals surface area (Å²) in [6.07, 6.45) is 1.38. The lowest BCUT2D eigenvalue weighted by Gasteiger charge is -2.23. The lowest BCUT2D eigenvalue weighted by molar-refractivity contribution is -0.128. The number of benzene rings is 1. The number of carbonyl (C=O) groups excluding carboxylic acids is 2. The van der Waals surface area contributed by atoms with Crippen molar-refractivity contribution in [3.8, 4) is 11.5 Å². The molecule has 1 aromatic rings. The van der Waals surface area contributed by atoms with Crippen LogP contribution in [0, 0.1) is 5.41 Å². The molecule has 1 spiro atoms. The number of nitrogens with zero attached hydrogens (tertiary/aromatic N) is 1. The lowest BCUT2D eigenvalue weighted by atomic mass is 9.84. The third-order valence-electron chi connectivity index (χ3n) is 5.54. The monoisotopic (exact) mass is 375 g/mol. The highest BCUT2D eigenvalue weighted by Crippen LogP contribution is 2.40. The van der Waals surface area contributed by atoms with Gasteiger partial charge < -0.3 is 20.1 Å². The van der Waals surface area contributed by atoms with Crippen molar-refractivity contribution in [3.05, 3.63) is 24.3 Å². The molecule has 2 saturated heterocycles. The maximum absolute atomic E-state index is 12.5. The van der Waals surface area contributed by atoms with E-state index >= 15 is 0 Å². The molecule has 2 atom stereocenters. The number of carbonyl (C=O) groups is 2. The summed E-state index contributed by atoms with van der Waals surface area (Å²) in [7, 11) is 1.59. The smallest absolute Gasteiger partial charge is 0.242 e. The van der Waals surface area contributed by atoms with E-state index < -0.39 is 11.5 Å². The molecule has 0 bridgehead atoms. The SMILES string of the molecule is COc1ccccc1OCCNC(=O)[C@@H]1C[C@@]2(CCN(C(C)C)C2)C(=O)N1. The fourth-order valence-electron chi connectivity index (χ4n) is 3.90. The van der Waals surface area contributed by atoms with Crippen molar-refractivity contribution in [2.75, 3.05) is 33.4 Å². The van der Waals surface area contributed by atoms with E-state index in [4.69, 9.17) is 9.47 Å². The summed E-state index contributed by atoms with van der Waals surface area (Å²) < 4.78 is 10.9. The second-order valence-corrected chi connectivity index (χ2v) is 7.62. The van der Waals surface area contributed by atoms with Crippen LogP contribution in [0.2, 0.25) is 0 Å². The number of likely N-dealkylation sites (tertiary alicyclic amines) is 1. The zero-order valence-corrected chi connectivity index (χ0v) is 16.3. The van der Waals surface area contributed by atoms with E-state index in [0.29, 0.717) is 37.1 Å². The number of methoxy groups -OCH3 is 1. The molecule has 0 aromatic heterocycles. The molecule has 27 heavy (non-hydrogen) atoms. The topological polar surface area (TPSA) is 79.9 Å². The molecule has 0 aliphatic carbocycles. The Kier molecular flexibility index (Phi) is 5.89. The first-order valence-electron chi connectivity index (χ1n) is 9.54. The van der Waals surface area contributed by atoms with Gasteiger partial charge in [-0.3, -0.25) is 14.5 Å². The molecule has 0 unspecified atom stereocenters. The number of hydrogen-bond donors (Lipinski definition) is 2. The van der Waals surface area contributed by atoms with E-state index in [0.717, 1.165) is 19.5 Å². The van der Waals surface area contributed by atoms with E-state index in [2.05, 4.69) is 29.4 Å². The molecule has 7 heteroatoms. The number of amides is 2. The van der Waals surface area contributed by atoms with Crippen molar-refractivity contribution in [2.45, 2.75) is 38.8 Å². The molecule has 7 nitrogen and oxygen atoms in total. The maximum atomic E-state index is 12.5. The molecular weight excluding hydrogens is 346 g/mol. The molecule has 2 N–H and O–H groups in total. The van der Waals surface area contributed by atoms with Crippen molar-refractivity contribution in [1.29, 1.82) is 0 Å². The van der Waals surface area contributed by atoms with Gasteiger partial charge in [0, 0.05) is 12.6 Å². The first kappa shape index (κ1) is 19.5. The van der Waals surface area contributed by atoms with Crippen LogP contribution in [0.15, 0.2) is 24.3 Å².